The van der Waals surface area contributed by atoms with E-state index in [0.717, 1.165) is 58.6 Å². The lowest BCUT2D eigenvalue weighted by molar-refractivity contribution is -0.115. The Kier molecular flexibility index (Phi) is 6.07. The van der Waals surface area contributed by atoms with Crippen molar-refractivity contribution < 1.29 is 14.3 Å². The summed E-state index contributed by atoms with van der Waals surface area (Å²) in [7, 11) is 1.60. The fraction of sp³-hybridized carbons (Fsp3) is 0.286. The number of hydrogen-bond acceptors (Lipinski definition) is 3. The Morgan fingerprint density at radius 3 is 2.26 bits per heavy atom. The number of allylic oxidation sites excluding steroid dienone is 1. The highest BCUT2D eigenvalue weighted by atomic mass is 16.5. The van der Waals surface area contributed by atoms with E-state index in [1.165, 1.54) is 0 Å². The zero-order chi connectivity index (χ0) is 23.7. The molecule has 2 aromatic heterocycles. The minimum Gasteiger partial charge on any atom is -0.376 e. The quantitative estimate of drug-likeness (QED) is 0.458. The highest BCUT2D eigenvalue weighted by molar-refractivity contribution is 6.38. The van der Waals surface area contributed by atoms with Crippen molar-refractivity contribution in [2.45, 2.75) is 39.0 Å². The third-order valence-electron chi connectivity index (χ3n) is 6.81. The van der Waals surface area contributed by atoms with Gasteiger partial charge in [0, 0.05) is 71.0 Å². The summed E-state index contributed by atoms with van der Waals surface area (Å²) in [5, 5.41) is 4.66. The Balaban J connectivity index is 1.86. The lowest BCUT2D eigenvalue weighted by Gasteiger charge is -2.17. The van der Waals surface area contributed by atoms with E-state index >= 15 is 0 Å². The molecule has 0 saturated carbocycles. The number of aldehydes is 1. The Hall–Kier alpha value is -3.64. The first kappa shape index (κ1) is 22.2. The summed E-state index contributed by atoms with van der Waals surface area (Å²) in [5.74, 6) is -0.281. The lowest BCUT2D eigenvalue weighted by Crippen LogP contribution is -2.21. The van der Waals surface area contributed by atoms with E-state index in [0.29, 0.717) is 24.3 Å². The Labute approximate surface area is 198 Å². The van der Waals surface area contributed by atoms with Crippen molar-refractivity contribution in [3.05, 3.63) is 72.1 Å². The highest BCUT2D eigenvalue weighted by Crippen LogP contribution is 2.36. The van der Waals surface area contributed by atoms with Gasteiger partial charge >= 0.3 is 0 Å². The lowest BCUT2D eigenvalue weighted by atomic mass is 9.94. The Morgan fingerprint density at radius 1 is 1.00 bits per heavy atom. The molecule has 0 fully saturated rings. The van der Waals surface area contributed by atoms with Crippen LogP contribution in [0.1, 0.15) is 30.9 Å². The molecule has 0 radical (unpaired) electrons. The van der Waals surface area contributed by atoms with Gasteiger partial charge in [-0.1, -0.05) is 43.3 Å². The monoisotopic (exact) mass is 455 g/mol. The van der Waals surface area contributed by atoms with Gasteiger partial charge < -0.3 is 19.2 Å². The molecule has 6 heteroatoms. The number of rotatable bonds is 3. The zero-order valence-corrected chi connectivity index (χ0v) is 19.6. The molecule has 1 aliphatic rings. The molecule has 3 heterocycles. The largest absolute Gasteiger partial charge is 0.376 e. The number of aryl methyl sites for hydroxylation is 1. The van der Waals surface area contributed by atoms with E-state index < -0.39 is 0 Å². The summed E-state index contributed by atoms with van der Waals surface area (Å²) in [4.78, 5) is 25.9. The van der Waals surface area contributed by atoms with Gasteiger partial charge in [-0.3, -0.25) is 9.59 Å². The minimum atomic E-state index is -0.281. The number of aromatic nitrogens is 2. The van der Waals surface area contributed by atoms with Gasteiger partial charge in [0.05, 0.1) is 18.3 Å². The molecule has 0 aliphatic carbocycles. The number of hydrogen-bond donors (Lipinski definition) is 1. The summed E-state index contributed by atoms with van der Waals surface area (Å²) >= 11 is 0. The summed E-state index contributed by atoms with van der Waals surface area (Å²) in [6.07, 6.45) is 6.77. The molecule has 4 bridgehead atoms. The van der Waals surface area contributed by atoms with Gasteiger partial charge in [-0.15, -0.1) is 0 Å². The molecular formula is C28H29N3O3. The number of carbonyl (C=O) groups excluding carboxylic acids is 2. The van der Waals surface area contributed by atoms with Gasteiger partial charge in [-0.25, -0.2) is 0 Å². The predicted molar refractivity (Wildman–Crippen MR) is 135 cm³/mol. The molecule has 6 nitrogen and oxygen atoms in total. The predicted octanol–water partition coefficient (Wildman–Crippen LogP) is 4.65. The molecule has 1 amide bonds. The van der Waals surface area contributed by atoms with Crippen LogP contribution in [-0.2, 0) is 27.4 Å². The smallest absolute Gasteiger partial charge is 0.252 e. The van der Waals surface area contributed by atoms with E-state index in [9.17, 15) is 9.59 Å². The van der Waals surface area contributed by atoms with E-state index in [4.69, 9.17) is 4.74 Å². The standard InChI is InChI=1S/C28H29N3O3/c1-3-19-12-13-30-16-22(20-8-4-6-10-25(20)30)24(18-32)27(28(33)29-2)23-17-31(14-15-34-19)26-11-7-5-9-21(23)26/h4-11,16-19H,3,12-15H2,1-2H3,(H,29,33)/b27-24+. The summed E-state index contributed by atoms with van der Waals surface area (Å²) in [6.45, 7) is 4.17. The first-order chi connectivity index (χ1) is 16.7. The maximum atomic E-state index is 13.3. The van der Waals surface area contributed by atoms with E-state index in [1.54, 1.807) is 7.05 Å². The second-order valence-electron chi connectivity index (χ2n) is 8.68. The Morgan fingerprint density at radius 2 is 1.62 bits per heavy atom. The van der Waals surface area contributed by atoms with Gasteiger partial charge in [0.1, 0.15) is 0 Å². The second kappa shape index (κ2) is 9.31. The first-order valence-electron chi connectivity index (χ1n) is 11.9. The number of para-hydroxylation sites is 2. The number of fused-ring (bicyclic) bond motifs is 10. The number of amides is 1. The SMILES string of the molecule is CCC1CCn2cc(c3ccccc32)/C(C=O)=C(/C(=O)NC)c2cn(c3ccccc23)CCO1. The van der Waals surface area contributed by atoms with Gasteiger partial charge in [0.15, 0.2) is 6.29 Å². The number of nitrogens with one attached hydrogen (secondary N) is 1. The molecule has 1 N–H and O–H groups in total. The van der Waals surface area contributed by atoms with Crippen molar-refractivity contribution in [2.75, 3.05) is 13.7 Å². The summed E-state index contributed by atoms with van der Waals surface area (Å²) in [6, 6.07) is 16.0. The van der Waals surface area contributed by atoms with Gasteiger partial charge in [0.2, 0.25) is 0 Å². The number of benzene rings is 2. The van der Waals surface area contributed by atoms with Crippen LogP contribution in [0, 0.1) is 0 Å². The van der Waals surface area contributed by atoms with Crippen LogP contribution >= 0.6 is 0 Å². The van der Waals surface area contributed by atoms with E-state index in [-0.39, 0.29) is 12.0 Å². The van der Waals surface area contributed by atoms with Crippen LogP contribution in [0.25, 0.3) is 33.0 Å². The summed E-state index contributed by atoms with van der Waals surface area (Å²) < 4.78 is 10.6. The molecule has 0 spiro atoms. The molecule has 2 aromatic carbocycles. The van der Waals surface area contributed by atoms with Crippen molar-refractivity contribution >= 4 is 45.1 Å². The average molecular weight is 456 g/mol. The van der Waals surface area contributed by atoms with E-state index in [2.05, 4.69) is 27.4 Å². The van der Waals surface area contributed by atoms with Crippen LogP contribution in [0.4, 0.5) is 0 Å². The van der Waals surface area contributed by atoms with Gasteiger partial charge in [-0.2, -0.15) is 0 Å². The van der Waals surface area contributed by atoms with Crippen LogP contribution in [-0.4, -0.2) is 41.1 Å². The van der Waals surface area contributed by atoms with Crippen LogP contribution in [0.15, 0.2) is 60.9 Å². The van der Waals surface area contributed by atoms with Crippen molar-refractivity contribution in [1.82, 2.24) is 14.5 Å². The highest BCUT2D eigenvalue weighted by Gasteiger charge is 2.25. The zero-order valence-electron chi connectivity index (χ0n) is 19.6. The average Bonchev–Trinajstić information content (AvgIpc) is 3.42. The number of likely N-dealkylation sites (N-methyl/N-ethyl adjacent to an activating group) is 1. The molecular weight excluding hydrogens is 426 g/mol. The maximum absolute atomic E-state index is 13.3. The molecule has 0 saturated heterocycles. The molecule has 1 unspecified atom stereocenters. The molecule has 1 aliphatic heterocycles. The van der Waals surface area contributed by atoms with Crippen LogP contribution in [0.5, 0.6) is 0 Å². The summed E-state index contributed by atoms with van der Waals surface area (Å²) in [5.41, 5.74) is 4.36. The van der Waals surface area contributed by atoms with Crippen molar-refractivity contribution in [2.24, 2.45) is 0 Å². The van der Waals surface area contributed by atoms with Crippen LogP contribution < -0.4 is 5.32 Å². The molecule has 34 heavy (non-hydrogen) atoms. The number of nitrogens with zero attached hydrogens (tertiary/aromatic N) is 2. The topological polar surface area (TPSA) is 65.3 Å². The number of ether oxygens (including phenoxy) is 1. The minimum absolute atomic E-state index is 0.149. The molecule has 5 rings (SSSR count). The molecule has 4 aromatic rings. The molecule has 1 atom stereocenters. The van der Waals surface area contributed by atoms with E-state index in [1.807, 2.05) is 54.9 Å². The number of carbonyl (C=O) groups is 2. The maximum Gasteiger partial charge on any atom is 0.252 e. The third-order valence-corrected chi connectivity index (χ3v) is 6.81. The fourth-order valence-corrected chi connectivity index (χ4v) is 5.06. The first-order valence-corrected chi connectivity index (χ1v) is 11.9. The molecule has 174 valence electrons. The van der Waals surface area contributed by atoms with Crippen molar-refractivity contribution in [1.29, 1.82) is 0 Å². The fourth-order valence-electron chi connectivity index (χ4n) is 5.06. The van der Waals surface area contributed by atoms with Gasteiger partial charge in [-0.05, 0) is 25.0 Å². The third kappa shape index (κ3) is 3.74. The van der Waals surface area contributed by atoms with Crippen molar-refractivity contribution in [3.8, 4) is 0 Å². The van der Waals surface area contributed by atoms with Crippen LogP contribution in [0.2, 0.25) is 0 Å². The van der Waals surface area contributed by atoms with Gasteiger partial charge in [0.25, 0.3) is 5.91 Å². The van der Waals surface area contributed by atoms with Crippen molar-refractivity contribution in [3.63, 3.8) is 0 Å². The normalized spacial score (nSPS) is 19.2. The Bertz CT molecular complexity index is 1410. The van der Waals surface area contributed by atoms with Crippen LogP contribution in [0.3, 0.4) is 0 Å². The second-order valence-corrected chi connectivity index (χ2v) is 8.68.